The summed E-state index contributed by atoms with van der Waals surface area (Å²) in [6.45, 7) is 0. The van der Waals surface area contributed by atoms with Gasteiger partial charge in [0, 0.05) is 11.6 Å². The first-order valence-corrected chi connectivity index (χ1v) is 4.63. The van der Waals surface area contributed by atoms with Crippen molar-refractivity contribution >= 4 is 11.5 Å². The number of hydrogen-bond donors (Lipinski definition) is 1. The number of nitrogens with one attached hydrogen (secondary N) is 1. The van der Waals surface area contributed by atoms with Crippen molar-refractivity contribution in [2.45, 2.75) is 0 Å². The molecule has 1 N–H and O–H groups in total. The number of nitro groups is 2. The number of halogens is 1. The molecule has 9 heteroatoms. The second kappa shape index (κ2) is 4.20. The van der Waals surface area contributed by atoms with E-state index >= 15 is 0 Å². The zero-order chi connectivity index (χ0) is 13.3. The van der Waals surface area contributed by atoms with Gasteiger partial charge in [-0.15, -0.1) is 0 Å². The predicted octanol–water partition coefficient (Wildman–Crippen LogP) is 2.03. The first-order valence-electron chi connectivity index (χ1n) is 4.63. The molecule has 8 nitrogen and oxygen atoms in total. The maximum absolute atomic E-state index is 13.1. The van der Waals surface area contributed by atoms with Crippen molar-refractivity contribution in [3.05, 3.63) is 50.4 Å². The van der Waals surface area contributed by atoms with Crippen LogP contribution in [0.5, 0.6) is 0 Å². The molecule has 0 radical (unpaired) electrons. The van der Waals surface area contributed by atoms with Crippen LogP contribution in [0.1, 0.15) is 0 Å². The fourth-order valence-corrected chi connectivity index (χ4v) is 1.35. The van der Waals surface area contributed by atoms with Crippen LogP contribution in [0.2, 0.25) is 0 Å². The van der Waals surface area contributed by atoms with Crippen molar-refractivity contribution in [3.63, 3.8) is 0 Å². The molecule has 0 unspecified atom stereocenters. The molecular weight excluding hydrogens is 247 g/mol. The molecule has 0 aliphatic rings. The van der Waals surface area contributed by atoms with Crippen LogP contribution < -0.4 is 0 Å². The van der Waals surface area contributed by atoms with Crippen LogP contribution in [0, 0.1) is 26.0 Å². The van der Waals surface area contributed by atoms with Gasteiger partial charge in [0.1, 0.15) is 6.20 Å². The molecule has 0 amide bonds. The fourth-order valence-electron chi connectivity index (χ4n) is 1.35. The molecule has 0 atom stereocenters. The third-order valence-corrected chi connectivity index (χ3v) is 2.18. The molecule has 0 saturated carbocycles. The van der Waals surface area contributed by atoms with Gasteiger partial charge in [-0.05, 0) is 17.1 Å². The number of imidazole rings is 1. The molecule has 1 heterocycles. The number of aromatic nitrogens is 2. The van der Waals surface area contributed by atoms with Gasteiger partial charge < -0.3 is 10.1 Å². The monoisotopic (exact) mass is 252 g/mol. The SMILES string of the molecule is O=[N+]([O-])c1cnc(-c2ccc(F)c([N+](=O)[O-])c2)[nH]1. The van der Waals surface area contributed by atoms with Gasteiger partial charge in [0.05, 0.1) is 4.92 Å². The van der Waals surface area contributed by atoms with Gasteiger partial charge in [-0.1, -0.05) is 0 Å². The average molecular weight is 252 g/mol. The van der Waals surface area contributed by atoms with Gasteiger partial charge in [-0.2, -0.15) is 4.39 Å². The second-order valence-electron chi connectivity index (χ2n) is 3.30. The summed E-state index contributed by atoms with van der Waals surface area (Å²) in [5.74, 6) is -1.27. The lowest BCUT2D eigenvalue weighted by Gasteiger charge is -1.96. The minimum absolute atomic E-state index is 0.0600. The maximum Gasteiger partial charge on any atom is 0.340 e. The lowest BCUT2D eigenvalue weighted by Crippen LogP contribution is -1.93. The largest absolute Gasteiger partial charge is 0.358 e. The van der Waals surface area contributed by atoms with Crippen molar-refractivity contribution < 1.29 is 14.2 Å². The molecule has 0 fully saturated rings. The van der Waals surface area contributed by atoms with E-state index in [1.807, 2.05) is 0 Å². The number of H-pyrrole nitrogens is 1. The molecule has 0 aliphatic heterocycles. The highest BCUT2D eigenvalue weighted by Gasteiger charge is 2.18. The van der Waals surface area contributed by atoms with Crippen LogP contribution in [0.3, 0.4) is 0 Å². The smallest absolute Gasteiger partial charge is 0.340 e. The van der Waals surface area contributed by atoms with Crippen molar-refractivity contribution in [1.29, 1.82) is 0 Å². The summed E-state index contributed by atoms with van der Waals surface area (Å²) in [5.41, 5.74) is -0.525. The fraction of sp³-hybridized carbons (Fsp3) is 0. The van der Waals surface area contributed by atoms with E-state index in [2.05, 4.69) is 9.97 Å². The topological polar surface area (TPSA) is 115 Å². The Morgan fingerprint density at radius 1 is 1.22 bits per heavy atom. The van der Waals surface area contributed by atoms with Crippen LogP contribution in [0.15, 0.2) is 24.4 Å². The third-order valence-electron chi connectivity index (χ3n) is 2.18. The summed E-state index contributed by atoms with van der Waals surface area (Å²) >= 11 is 0. The van der Waals surface area contributed by atoms with Crippen LogP contribution in [-0.2, 0) is 0 Å². The zero-order valence-electron chi connectivity index (χ0n) is 8.66. The van der Waals surface area contributed by atoms with Gasteiger partial charge in [0.25, 0.3) is 0 Å². The Bertz CT molecular complexity index is 639. The minimum atomic E-state index is -0.982. The molecule has 18 heavy (non-hydrogen) atoms. The highest BCUT2D eigenvalue weighted by Crippen LogP contribution is 2.25. The van der Waals surface area contributed by atoms with E-state index in [1.54, 1.807) is 0 Å². The first-order chi connectivity index (χ1) is 8.49. The van der Waals surface area contributed by atoms with Crippen LogP contribution in [-0.4, -0.2) is 19.8 Å². The van der Waals surface area contributed by atoms with Gasteiger partial charge in [0.15, 0.2) is 0 Å². The highest BCUT2D eigenvalue weighted by molar-refractivity contribution is 5.60. The van der Waals surface area contributed by atoms with Gasteiger partial charge in [0.2, 0.25) is 11.6 Å². The standard InChI is InChI=1S/C9H5FN4O4/c10-6-2-1-5(3-7(6)13(15)16)9-11-4-8(12-9)14(17)18/h1-4H,(H,11,12). The lowest BCUT2D eigenvalue weighted by molar-refractivity contribution is -0.389. The molecular formula is C9H5FN4O4. The molecule has 1 aromatic carbocycles. The van der Waals surface area contributed by atoms with Crippen molar-refractivity contribution in [2.75, 3.05) is 0 Å². The number of nitro benzene ring substituents is 1. The van der Waals surface area contributed by atoms with Crippen molar-refractivity contribution in [2.24, 2.45) is 0 Å². The van der Waals surface area contributed by atoms with Crippen LogP contribution in [0.4, 0.5) is 15.9 Å². The summed E-state index contributed by atoms with van der Waals surface area (Å²) in [4.78, 5) is 25.5. The average Bonchev–Trinajstić information content (AvgIpc) is 2.78. The van der Waals surface area contributed by atoms with Crippen LogP contribution >= 0.6 is 0 Å². The molecule has 1 aromatic heterocycles. The predicted molar refractivity (Wildman–Crippen MR) is 57.3 cm³/mol. The van der Waals surface area contributed by atoms with E-state index < -0.39 is 21.4 Å². The van der Waals surface area contributed by atoms with E-state index in [0.29, 0.717) is 0 Å². The summed E-state index contributed by atoms with van der Waals surface area (Å²) < 4.78 is 13.1. The Balaban J connectivity index is 2.47. The Morgan fingerprint density at radius 2 is 1.94 bits per heavy atom. The number of hydrogen-bond acceptors (Lipinski definition) is 5. The Labute approximate surface area is 98.4 Å². The first kappa shape index (κ1) is 11.6. The Hall–Kier alpha value is -2.84. The van der Waals surface area contributed by atoms with Crippen molar-refractivity contribution in [3.8, 4) is 11.4 Å². The quantitative estimate of drug-likeness (QED) is 0.662. The van der Waals surface area contributed by atoms with Gasteiger partial charge in [-0.3, -0.25) is 10.1 Å². The molecule has 0 saturated heterocycles. The molecule has 92 valence electrons. The Kier molecular flexibility index (Phi) is 2.72. The lowest BCUT2D eigenvalue weighted by atomic mass is 10.2. The Morgan fingerprint density at radius 3 is 2.50 bits per heavy atom. The summed E-state index contributed by atoms with van der Waals surface area (Å²) in [7, 11) is 0. The van der Waals surface area contributed by atoms with E-state index in [0.717, 1.165) is 18.3 Å². The highest BCUT2D eigenvalue weighted by atomic mass is 19.1. The second-order valence-corrected chi connectivity index (χ2v) is 3.30. The molecule has 0 aliphatic carbocycles. The van der Waals surface area contributed by atoms with E-state index in [4.69, 9.17) is 0 Å². The molecule has 0 spiro atoms. The number of rotatable bonds is 3. The zero-order valence-corrected chi connectivity index (χ0v) is 8.66. The van der Waals surface area contributed by atoms with Gasteiger partial charge in [-0.25, -0.2) is 9.97 Å². The molecule has 0 bridgehead atoms. The van der Waals surface area contributed by atoms with Crippen molar-refractivity contribution in [1.82, 2.24) is 9.97 Å². The maximum atomic E-state index is 13.1. The molecule has 2 rings (SSSR count). The normalized spacial score (nSPS) is 10.3. The summed E-state index contributed by atoms with van der Waals surface area (Å²) in [6, 6.07) is 3.10. The van der Waals surface area contributed by atoms with Gasteiger partial charge >= 0.3 is 11.5 Å². The number of nitrogens with zero attached hydrogens (tertiary/aromatic N) is 3. The number of benzene rings is 1. The van der Waals surface area contributed by atoms with E-state index in [1.165, 1.54) is 6.07 Å². The molecule has 2 aromatic rings. The van der Waals surface area contributed by atoms with E-state index in [9.17, 15) is 24.6 Å². The van der Waals surface area contributed by atoms with Crippen LogP contribution in [0.25, 0.3) is 11.4 Å². The summed E-state index contributed by atoms with van der Waals surface area (Å²) in [5, 5.41) is 21.0. The minimum Gasteiger partial charge on any atom is -0.358 e. The third kappa shape index (κ3) is 2.00. The summed E-state index contributed by atoms with van der Waals surface area (Å²) in [6.07, 6.45) is 0.977. The number of aromatic amines is 1. The van der Waals surface area contributed by atoms with E-state index in [-0.39, 0.29) is 17.2 Å².